The Labute approximate surface area is 172 Å². The molecular formula is C20H18N4O5S. The summed E-state index contributed by atoms with van der Waals surface area (Å²) < 4.78 is 32.0. The first-order valence-electron chi connectivity index (χ1n) is 8.70. The van der Waals surface area contributed by atoms with E-state index in [2.05, 4.69) is 15.0 Å². The van der Waals surface area contributed by atoms with E-state index in [1.54, 1.807) is 24.3 Å². The Kier molecular flexibility index (Phi) is 6.28. The summed E-state index contributed by atoms with van der Waals surface area (Å²) in [6, 6.07) is 16.5. The van der Waals surface area contributed by atoms with Gasteiger partial charge in [-0.3, -0.25) is 9.52 Å². The number of amides is 1. The normalized spacial score (nSPS) is 10.8. The minimum absolute atomic E-state index is 0.000862. The molecule has 1 amide bonds. The van der Waals surface area contributed by atoms with Crippen molar-refractivity contribution in [2.45, 2.75) is 4.90 Å². The van der Waals surface area contributed by atoms with Crippen molar-refractivity contribution in [3.05, 3.63) is 78.5 Å². The lowest BCUT2D eigenvalue weighted by Gasteiger charge is -2.09. The van der Waals surface area contributed by atoms with Gasteiger partial charge in [-0.2, -0.15) is 0 Å². The second-order valence-corrected chi connectivity index (χ2v) is 7.77. The van der Waals surface area contributed by atoms with Gasteiger partial charge in [-0.1, -0.05) is 6.07 Å². The molecular weight excluding hydrogens is 408 g/mol. The molecule has 2 aromatic carbocycles. The smallest absolute Gasteiger partial charge is 0.338 e. The number of hydrogen-bond acceptors (Lipinski definition) is 7. The van der Waals surface area contributed by atoms with E-state index in [-0.39, 0.29) is 16.3 Å². The van der Waals surface area contributed by atoms with Gasteiger partial charge in [0.2, 0.25) is 0 Å². The van der Waals surface area contributed by atoms with Gasteiger partial charge in [0.25, 0.3) is 15.9 Å². The lowest BCUT2D eigenvalue weighted by molar-refractivity contribution is -0.119. The molecule has 0 unspecified atom stereocenters. The van der Waals surface area contributed by atoms with Crippen LogP contribution < -0.4 is 15.8 Å². The minimum Gasteiger partial charge on any atom is -0.452 e. The number of nitrogens with zero attached hydrogens (tertiary/aromatic N) is 1. The van der Waals surface area contributed by atoms with E-state index in [1.165, 1.54) is 48.7 Å². The second kappa shape index (κ2) is 9.05. The molecule has 4 N–H and O–H groups in total. The van der Waals surface area contributed by atoms with E-state index < -0.39 is 28.5 Å². The molecule has 0 aliphatic rings. The van der Waals surface area contributed by atoms with E-state index in [4.69, 9.17) is 10.5 Å². The third-order valence-corrected chi connectivity index (χ3v) is 5.20. The lowest BCUT2D eigenvalue weighted by atomic mass is 10.2. The number of anilines is 3. The van der Waals surface area contributed by atoms with E-state index in [1.807, 2.05) is 0 Å². The second-order valence-electron chi connectivity index (χ2n) is 6.09. The quantitative estimate of drug-likeness (QED) is 0.389. The van der Waals surface area contributed by atoms with Crippen molar-refractivity contribution in [2.24, 2.45) is 0 Å². The van der Waals surface area contributed by atoms with Crippen LogP contribution >= 0.6 is 0 Å². The fraction of sp³-hybridized carbons (Fsp3) is 0.0500. The Morgan fingerprint density at radius 3 is 2.30 bits per heavy atom. The summed E-state index contributed by atoms with van der Waals surface area (Å²) in [4.78, 5) is 27.8. The van der Waals surface area contributed by atoms with Crippen LogP contribution in [0.5, 0.6) is 0 Å². The van der Waals surface area contributed by atoms with Crippen LogP contribution in [-0.4, -0.2) is 31.9 Å². The number of sulfonamides is 1. The van der Waals surface area contributed by atoms with Crippen molar-refractivity contribution in [2.75, 3.05) is 22.4 Å². The molecule has 0 fully saturated rings. The van der Waals surface area contributed by atoms with Crippen molar-refractivity contribution < 1.29 is 22.7 Å². The largest absolute Gasteiger partial charge is 0.452 e. The summed E-state index contributed by atoms with van der Waals surface area (Å²) in [5.41, 5.74) is 6.67. The molecule has 1 aromatic heterocycles. The third-order valence-electron chi connectivity index (χ3n) is 3.83. The van der Waals surface area contributed by atoms with Crippen LogP contribution in [0.25, 0.3) is 0 Å². The number of nitrogens with one attached hydrogen (secondary N) is 2. The predicted octanol–water partition coefficient (Wildman–Crippen LogP) is 2.26. The standard InChI is InChI=1S/C20H18N4O5S/c21-15-6-4-14(5-7-15)20(26)29-13-19(25)23-16-8-10-17(11-9-16)30(27,28)24-18-3-1-2-12-22-18/h1-12H,13,21H2,(H,22,24)(H,23,25). The first-order chi connectivity index (χ1) is 14.3. The summed E-state index contributed by atoms with van der Waals surface area (Å²) in [7, 11) is -3.82. The minimum atomic E-state index is -3.82. The number of esters is 1. The first-order valence-corrected chi connectivity index (χ1v) is 10.2. The zero-order chi connectivity index (χ0) is 21.6. The number of carbonyl (C=O) groups excluding carboxylic acids is 2. The summed E-state index contributed by atoms with van der Waals surface area (Å²) in [6.07, 6.45) is 1.47. The molecule has 0 saturated heterocycles. The van der Waals surface area contributed by atoms with Crippen LogP contribution in [0.15, 0.2) is 77.8 Å². The fourth-order valence-corrected chi connectivity index (χ4v) is 3.38. The number of carbonyl (C=O) groups is 2. The van der Waals surface area contributed by atoms with Crippen LogP contribution in [0.4, 0.5) is 17.2 Å². The van der Waals surface area contributed by atoms with E-state index in [0.717, 1.165) is 0 Å². The van der Waals surface area contributed by atoms with Crippen LogP contribution in [-0.2, 0) is 19.6 Å². The molecule has 0 saturated carbocycles. The molecule has 1 heterocycles. The maximum Gasteiger partial charge on any atom is 0.338 e. The Hall–Kier alpha value is -3.92. The zero-order valence-corrected chi connectivity index (χ0v) is 16.4. The maximum atomic E-state index is 12.4. The number of rotatable bonds is 7. The molecule has 0 bridgehead atoms. The highest BCUT2D eigenvalue weighted by Crippen LogP contribution is 2.17. The molecule has 0 radical (unpaired) electrons. The van der Waals surface area contributed by atoms with Crippen molar-refractivity contribution in [1.82, 2.24) is 4.98 Å². The molecule has 0 atom stereocenters. The molecule has 0 spiro atoms. The molecule has 3 rings (SSSR count). The van der Waals surface area contributed by atoms with Gasteiger partial charge >= 0.3 is 5.97 Å². The molecule has 30 heavy (non-hydrogen) atoms. The Morgan fingerprint density at radius 2 is 1.67 bits per heavy atom. The summed E-state index contributed by atoms with van der Waals surface area (Å²) >= 11 is 0. The number of ether oxygens (including phenoxy) is 1. The van der Waals surface area contributed by atoms with Crippen LogP contribution in [0, 0.1) is 0 Å². The zero-order valence-electron chi connectivity index (χ0n) is 15.6. The topological polar surface area (TPSA) is 140 Å². The van der Waals surface area contributed by atoms with Gasteiger partial charge in [0.15, 0.2) is 6.61 Å². The number of hydrogen-bond donors (Lipinski definition) is 3. The van der Waals surface area contributed by atoms with Gasteiger partial charge in [-0.15, -0.1) is 0 Å². The summed E-state index contributed by atoms with van der Waals surface area (Å²) in [5, 5.41) is 2.52. The van der Waals surface area contributed by atoms with Crippen molar-refractivity contribution in [1.29, 1.82) is 0 Å². The predicted molar refractivity (Wildman–Crippen MR) is 111 cm³/mol. The Balaban J connectivity index is 1.55. The SMILES string of the molecule is Nc1ccc(C(=O)OCC(=O)Nc2ccc(S(=O)(=O)Nc3ccccn3)cc2)cc1. The van der Waals surface area contributed by atoms with Gasteiger partial charge in [0.1, 0.15) is 5.82 Å². The highest BCUT2D eigenvalue weighted by Gasteiger charge is 2.15. The van der Waals surface area contributed by atoms with Crippen LogP contribution in [0.3, 0.4) is 0 Å². The Morgan fingerprint density at radius 1 is 0.967 bits per heavy atom. The average molecular weight is 426 g/mol. The maximum absolute atomic E-state index is 12.4. The monoisotopic (exact) mass is 426 g/mol. The van der Waals surface area contributed by atoms with E-state index in [0.29, 0.717) is 11.4 Å². The average Bonchev–Trinajstić information content (AvgIpc) is 2.73. The first kappa shape index (κ1) is 20.8. The Bertz CT molecular complexity index is 1130. The number of benzene rings is 2. The highest BCUT2D eigenvalue weighted by molar-refractivity contribution is 7.92. The van der Waals surface area contributed by atoms with Crippen molar-refractivity contribution >= 4 is 39.1 Å². The number of pyridine rings is 1. The number of nitrogen functional groups attached to an aromatic ring is 1. The van der Waals surface area contributed by atoms with Gasteiger partial charge in [0, 0.05) is 17.6 Å². The number of nitrogens with two attached hydrogens (primary N) is 1. The van der Waals surface area contributed by atoms with Gasteiger partial charge in [0.05, 0.1) is 10.5 Å². The van der Waals surface area contributed by atoms with Gasteiger partial charge in [-0.25, -0.2) is 18.2 Å². The van der Waals surface area contributed by atoms with Crippen LogP contribution in [0.2, 0.25) is 0 Å². The van der Waals surface area contributed by atoms with E-state index >= 15 is 0 Å². The fourth-order valence-electron chi connectivity index (χ4n) is 2.37. The lowest BCUT2D eigenvalue weighted by Crippen LogP contribution is -2.21. The highest BCUT2D eigenvalue weighted by atomic mass is 32.2. The molecule has 10 heteroatoms. The molecule has 3 aromatic rings. The molecule has 0 aliphatic carbocycles. The summed E-state index contributed by atoms with van der Waals surface area (Å²) in [5.74, 6) is -1.04. The van der Waals surface area contributed by atoms with Crippen molar-refractivity contribution in [3.8, 4) is 0 Å². The molecule has 154 valence electrons. The van der Waals surface area contributed by atoms with Gasteiger partial charge in [-0.05, 0) is 60.7 Å². The van der Waals surface area contributed by atoms with E-state index in [9.17, 15) is 18.0 Å². The van der Waals surface area contributed by atoms with Crippen LogP contribution in [0.1, 0.15) is 10.4 Å². The van der Waals surface area contributed by atoms with Gasteiger partial charge < -0.3 is 15.8 Å². The number of aromatic nitrogens is 1. The molecule has 0 aliphatic heterocycles. The third kappa shape index (κ3) is 5.55. The molecule has 9 nitrogen and oxygen atoms in total. The van der Waals surface area contributed by atoms with Crippen molar-refractivity contribution in [3.63, 3.8) is 0 Å². The summed E-state index contributed by atoms with van der Waals surface area (Å²) in [6.45, 7) is -0.496.